The smallest absolute Gasteiger partial charge is 0.0656 e. The van der Waals surface area contributed by atoms with Gasteiger partial charge in [0, 0.05) is 0 Å². The van der Waals surface area contributed by atoms with E-state index in [-0.39, 0.29) is 5.60 Å². The zero-order chi connectivity index (χ0) is 9.81. The number of allylic oxidation sites excluding steroid dienone is 2. The van der Waals surface area contributed by atoms with Crippen molar-refractivity contribution in [3.63, 3.8) is 0 Å². The Bertz CT molecular complexity index is 279. The fourth-order valence-electron chi connectivity index (χ4n) is 4.25. The highest BCUT2D eigenvalue weighted by atomic mass is 16.3. The van der Waals surface area contributed by atoms with Crippen LogP contribution < -0.4 is 0 Å². The summed E-state index contributed by atoms with van der Waals surface area (Å²) in [6.45, 7) is 2.05. The minimum absolute atomic E-state index is 0.379. The average molecular weight is 192 g/mol. The molecule has 1 heteroatoms. The topological polar surface area (TPSA) is 20.2 Å². The minimum Gasteiger partial charge on any atom is -0.390 e. The third kappa shape index (κ3) is 1.05. The lowest BCUT2D eigenvalue weighted by molar-refractivity contribution is -0.137. The molecule has 78 valence electrons. The fraction of sp³-hybridized carbons (Fsp3) is 0.846. The molecule has 2 bridgehead atoms. The summed E-state index contributed by atoms with van der Waals surface area (Å²) in [6, 6.07) is 0. The highest BCUT2D eigenvalue weighted by Crippen LogP contribution is 2.60. The van der Waals surface area contributed by atoms with Crippen molar-refractivity contribution in [2.45, 2.75) is 51.0 Å². The lowest BCUT2D eigenvalue weighted by Gasteiger charge is -2.58. The summed E-state index contributed by atoms with van der Waals surface area (Å²) in [5.74, 6) is 1.47. The molecule has 4 aliphatic rings. The van der Waals surface area contributed by atoms with Gasteiger partial charge in [-0.15, -0.1) is 0 Å². The number of fused-ring (bicyclic) bond motifs is 2. The van der Waals surface area contributed by atoms with Crippen LogP contribution >= 0.6 is 0 Å². The second-order valence-corrected chi connectivity index (χ2v) is 5.92. The van der Waals surface area contributed by atoms with E-state index in [0.29, 0.717) is 11.3 Å². The Hall–Kier alpha value is -0.300. The Balaban J connectivity index is 1.99. The SMILES string of the molecule is CC1(O)C[C@@]23C=CCC[C@@H]2C[C@@H]1CC3. The lowest BCUT2D eigenvalue weighted by Crippen LogP contribution is -2.54. The molecule has 0 amide bonds. The summed E-state index contributed by atoms with van der Waals surface area (Å²) in [5.41, 5.74) is 0.00688. The van der Waals surface area contributed by atoms with Crippen LogP contribution in [-0.4, -0.2) is 10.7 Å². The van der Waals surface area contributed by atoms with Crippen molar-refractivity contribution < 1.29 is 5.11 Å². The van der Waals surface area contributed by atoms with Gasteiger partial charge in [0.2, 0.25) is 0 Å². The van der Waals surface area contributed by atoms with Crippen molar-refractivity contribution >= 4 is 0 Å². The van der Waals surface area contributed by atoms with Crippen molar-refractivity contribution in [3.8, 4) is 0 Å². The van der Waals surface area contributed by atoms with Gasteiger partial charge in [-0.1, -0.05) is 12.2 Å². The first-order valence-corrected chi connectivity index (χ1v) is 6.02. The summed E-state index contributed by atoms with van der Waals surface area (Å²) in [4.78, 5) is 0. The first-order chi connectivity index (χ1) is 6.62. The van der Waals surface area contributed by atoms with E-state index in [1.807, 2.05) is 0 Å². The predicted octanol–water partition coefficient (Wildman–Crippen LogP) is 2.89. The molecule has 0 aromatic heterocycles. The average Bonchev–Trinajstić information content (AvgIpc) is 2.15. The van der Waals surface area contributed by atoms with Gasteiger partial charge in [-0.25, -0.2) is 0 Å². The molecule has 14 heavy (non-hydrogen) atoms. The molecule has 0 saturated heterocycles. The first kappa shape index (κ1) is 8.96. The molecule has 0 aromatic rings. The Morgan fingerprint density at radius 3 is 2.93 bits per heavy atom. The van der Waals surface area contributed by atoms with Gasteiger partial charge >= 0.3 is 0 Å². The van der Waals surface area contributed by atoms with Crippen LogP contribution in [0.4, 0.5) is 0 Å². The van der Waals surface area contributed by atoms with Crippen molar-refractivity contribution in [2.75, 3.05) is 0 Å². The lowest BCUT2D eigenvalue weighted by atomic mass is 9.48. The van der Waals surface area contributed by atoms with Crippen LogP contribution in [-0.2, 0) is 0 Å². The Labute approximate surface area is 86.2 Å². The quantitative estimate of drug-likeness (QED) is 0.585. The monoisotopic (exact) mass is 192 g/mol. The standard InChI is InChI=1S/C13H20O/c1-12(14)9-13-6-3-2-4-11(13)8-10(12)5-7-13/h3,6,10-11,14H,2,4-5,7-9H2,1H3/t10-,11+,12?,13-/m0/s1. The summed E-state index contributed by atoms with van der Waals surface area (Å²) in [5, 5.41) is 10.4. The zero-order valence-electron chi connectivity index (χ0n) is 9.00. The molecule has 0 aliphatic heterocycles. The number of hydrogen-bond donors (Lipinski definition) is 1. The largest absolute Gasteiger partial charge is 0.390 e. The molecule has 4 rings (SSSR count). The molecule has 0 aromatic carbocycles. The van der Waals surface area contributed by atoms with Gasteiger partial charge in [0.1, 0.15) is 0 Å². The maximum atomic E-state index is 10.4. The van der Waals surface area contributed by atoms with E-state index >= 15 is 0 Å². The Morgan fingerprint density at radius 1 is 1.29 bits per heavy atom. The van der Waals surface area contributed by atoms with Gasteiger partial charge in [-0.3, -0.25) is 0 Å². The van der Waals surface area contributed by atoms with E-state index < -0.39 is 0 Å². The van der Waals surface area contributed by atoms with Crippen LogP contribution in [0.15, 0.2) is 12.2 Å². The molecule has 1 nitrogen and oxygen atoms in total. The summed E-state index contributed by atoms with van der Waals surface area (Å²) >= 11 is 0. The van der Waals surface area contributed by atoms with Gasteiger partial charge in [-0.2, -0.15) is 0 Å². The molecule has 3 fully saturated rings. The summed E-state index contributed by atoms with van der Waals surface area (Å²) < 4.78 is 0. The van der Waals surface area contributed by atoms with E-state index in [2.05, 4.69) is 19.1 Å². The maximum Gasteiger partial charge on any atom is 0.0656 e. The van der Waals surface area contributed by atoms with Gasteiger partial charge < -0.3 is 5.11 Å². The molecule has 4 aliphatic carbocycles. The van der Waals surface area contributed by atoms with E-state index in [1.165, 1.54) is 32.1 Å². The van der Waals surface area contributed by atoms with Crippen LogP contribution in [0.3, 0.4) is 0 Å². The molecule has 1 spiro atoms. The fourth-order valence-corrected chi connectivity index (χ4v) is 4.25. The minimum atomic E-state index is -0.379. The van der Waals surface area contributed by atoms with Gasteiger partial charge in [-0.05, 0) is 62.7 Å². The Morgan fingerprint density at radius 2 is 2.14 bits per heavy atom. The van der Waals surface area contributed by atoms with Crippen molar-refractivity contribution in [2.24, 2.45) is 17.3 Å². The molecular weight excluding hydrogens is 172 g/mol. The number of rotatable bonds is 0. The summed E-state index contributed by atoms with van der Waals surface area (Å²) in [6.07, 6.45) is 12.3. The molecule has 0 radical (unpaired) electrons. The predicted molar refractivity (Wildman–Crippen MR) is 56.9 cm³/mol. The number of aliphatic hydroxyl groups is 1. The van der Waals surface area contributed by atoms with Gasteiger partial charge in [0.05, 0.1) is 5.60 Å². The van der Waals surface area contributed by atoms with E-state index in [0.717, 1.165) is 12.3 Å². The third-order valence-electron chi connectivity index (χ3n) is 5.04. The van der Waals surface area contributed by atoms with Crippen LogP contribution in [0, 0.1) is 17.3 Å². The summed E-state index contributed by atoms with van der Waals surface area (Å²) in [7, 11) is 0. The van der Waals surface area contributed by atoms with Gasteiger partial charge in [0.25, 0.3) is 0 Å². The highest BCUT2D eigenvalue weighted by molar-refractivity contribution is 5.16. The highest BCUT2D eigenvalue weighted by Gasteiger charge is 2.55. The molecule has 3 saturated carbocycles. The van der Waals surface area contributed by atoms with Crippen LogP contribution in [0.25, 0.3) is 0 Å². The Kier molecular flexibility index (Phi) is 1.69. The van der Waals surface area contributed by atoms with Crippen LogP contribution in [0.1, 0.15) is 45.4 Å². The molecule has 1 unspecified atom stereocenters. The number of hydrogen-bond acceptors (Lipinski definition) is 1. The van der Waals surface area contributed by atoms with Crippen molar-refractivity contribution in [3.05, 3.63) is 12.2 Å². The van der Waals surface area contributed by atoms with Crippen LogP contribution in [0.2, 0.25) is 0 Å². The molecule has 0 heterocycles. The molecular formula is C13H20O. The molecule has 4 atom stereocenters. The van der Waals surface area contributed by atoms with Gasteiger partial charge in [0.15, 0.2) is 0 Å². The maximum absolute atomic E-state index is 10.4. The first-order valence-electron chi connectivity index (χ1n) is 6.02. The van der Waals surface area contributed by atoms with Crippen molar-refractivity contribution in [1.82, 2.24) is 0 Å². The normalized spacial score (nSPS) is 55.9. The second kappa shape index (κ2) is 2.63. The van der Waals surface area contributed by atoms with Crippen molar-refractivity contribution in [1.29, 1.82) is 0 Å². The zero-order valence-corrected chi connectivity index (χ0v) is 9.00. The third-order valence-corrected chi connectivity index (χ3v) is 5.04. The second-order valence-electron chi connectivity index (χ2n) is 5.92. The van der Waals surface area contributed by atoms with E-state index in [4.69, 9.17) is 0 Å². The van der Waals surface area contributed by atoms with E-state index in [1.54, 1.807) is 0 Å². The van der Waals surface area contributed by atoms with Crippen LogP contribution in [0.5, 0.6) is 0 Å². The van der Waals surface area contributed by atoms with E-state index in [9.17, 15) is 5.11 Å². The molecule has 1 N–H and O–H groups in total.